The first-order valence-corrected chi connectivity index (χ1v) is 9.11. The quantitative estimate of drug-likeness (QED) is 0.628. The molecular formula is C22H23NO4. The largest absolute Gasteiger partial charge is 0.484 e. The summed E-state index contributed by atoms with van der Waals surface area (Å²) in [7, 11) is 0. The molecule has 27 heavy (non-hydrogen) atoms. The lowest BCUT2D eigenvalue weighted by Crippen LogP contribution is -2.20. The highest BCUT2D eigenvalue weighted by molar-refractivity contribution is 5.92. The third kappa shape index (κ3) is 4.97. The third-order valence-electron chi connectivity index (χ3n) is 4.35. The lowest BCUT2D eigenvalue weighted by Gasteiger charge is -2.09. The number of hydrogen-bond acceptors (Lipinski definition) is 4. The standard InChI is InChI=1S/C22H23NO4/c1-3-4-5-16-6-8-17(9-7-16)23-21(24)14-26-18-10-11-19-15(2)12-22(25)27-20(19)13-18/h6-13H,3-5,14H2,1-2H3,(H,23,24). The van der Waals surface area contributed by atoms with Gasteiger partial charge in [0.05, 0.1) is 0 Å². The predicted molar refractivity (Wildman–Crippen MR) is 106 cm³/mol. The average molecular weight is 365 g/mol. The summed E-state index contributed by atoms with van der Waals surface area (Å²) in [6, 6.07) is 14.5. The molecule has 0 fully saturated rings. The smallest absolute Gasteiger partial charge is 0.336 e. The number of amides is 1. The number of carbonyl (C=O) groups excluding carboxylic acids is 1. The van der Waals surface area contributed by atoms with Crippen LogP contribution in [0.1, 0.15) is 30.9 Å². The summed E-state index contributed by atoms with van der Waals surface area (Å²) >= 11 is 0. The minimum Gasteiger partial charge on any atom is -0.484 e. The van der Waals surface area contributed by atoms with Gasteiger partial charge in [0.15, 0.2) is 6.61 Å². The zero-order chi connectivity index (χ0) is 19.2. The first kappa shape index (κ1) is 18.7. The molecule has 0 aliphatic rings. The summed E-state index contributed by atoms with van der Waals surface area (Å²) < 4.78 is 10.7. The molecule has 5 heteroatoms. The molecule has 1 amide bonds. The van der Waals surface area contributed by atoms with Crippen molar-refractivity contribution in [3.63, 3.8) is 0 Å². The monoisotopic (exact) mass is 365 g/mol. The molecule has 0 spiro atoms. The van der Waals surface area contributed by atoms with Crippen LogP contribution in [0.15, 0.2) is 57.7 Å². The minimum atomic E-state index is -0.405. The van der Waals surface area contributed by atoms with Crippen molar-refractivity contribution in [2.45, 2.75) is 33.1 Å². The number of nitrogens with one attached hydrogen (secondary N) is 1. The fourth-order valence-electron chi connectivity index (χ4n) is 2.88. The Kier molecular flexibility index (Phi) is 5.91. The molecule has 0 saturated heterocycles. The van der Waals surface area contributed by atoms with Gasteiger partial charge in [-0.15, -0.1) is 0 Å². The summed E-state index contributed by atoms with van der Waals surface area (Å²) in [4.78, 5) is 23.6. The maximum atomic E-state index is 12.1. The van der Waals surface area contributed by atoms with Gasteiger partial charge >= 0.3 is 5.63 Å². The number of benzene rings is 2. The number of ether oxygens (including phenoxy) is 1. The van der Waals surface area contributed by atoms with Gasteiger partial charge in [-0.1, -0.05) is 25.5 Å². The maximum absolute atomic E-state index is 12.1. The number of aryl methyl sites for hydroxylation is 2. The molecule has 3 rings (SSSR count). The van der Waals surface area contributed by atoms with E-state index in [1.165, 1.54) is 11.6 Å². The predicted octanol–water partition coefficient (Wildman–Crippen LogP) is 4.46. The van der Waals surface area contributed by atoms with Crippen molar-refractivity contribution in [2.75, 3.05) is 11.9 Å². The number of unbranched alkanes of at least 4 members (excludes halogenated alkanes) is 1. The Morgan fingerprint density at radius 3 is 2.63 bits per heavy atom. The summed E-state index contributed by atoms with van der Waals surface area (Å²) in [5.41, 5.74) is 2.88. The lowest BCUT2D eigenvalue weighted by molar-refractivity contribution is -0.118. The summed E-state index contributed by atoms with van der Waals surface area (Å²) in [6.07, 6.45) is 3.37. The summed E-state index contributed by atoms with van der Waals surface area (Å²) in [5.74, 6) is 0.225. The zero-order valence-corrected chi connectivity index (χ0v) is 15.6. The van der Waals surface area contributed by atoms with E-state index < -0.39 is 5.63 Å². The van der Waals surface area contributed by atoms with Crippen LogP contribution in [0, 0.1) is 6.92 Å². The lowest BCUT2D eigenvalue weighted by atomic mass is 10.1. The molecule has 0 radical (unpaired) electrons. The van der Waals surface area contributed by atoms with E-state index in [4.69, 9.17) is 9.15 Å². The number of carbonyl (C=O) groups is 1. The number of anilines is 1. The Morgan fingerprint density at radius 1 is 1.11 bits per heavy atom. The van der Waals surface area contributed by atoms with Gasteiger partial charge in [0, 0.05) is 23.2 Å². The van der Waals surface area contributed by atoms with E-state index in [2.05, 4.69) is 12.2 Å². The molecule has 0 unspecified atom stereocenters. The zero-order valence-electron chi connectivity index (χ0n) is 15.6. The van der Waals surface area contributed by atoms with Gasteiger partial charge in [-0.25, -0.2) is 4.79 Å². The van der Waals surface area contributed by atoms with E-state index in [0.29, 0.717) is 11.3 Å². The van der Waals surface area contributed by atoms with Crippen molar-refractivity contribution in [3.05, 3.63) is 70.1 Å². The van der Waals surface area contributed by atoms with Crippen LogP contribution in [-0.2, 0) is 11.2 Å². The molecule has 0 aliphatic carbocycles. The van der Waals surface area contributed by atoms with Crippen LogP contribution in [0.4, 0.5) is 5.69 Å². The molecule has 1 N–H and O–H groups in total. The van der Waals surface area contributed by atoms with Crippen LogP contribution in [0.5, 0.6) is 5.75 Å². The molecule has 1 aromatic heterocycles. The van der Waals surface area contributed by atoms with Crippen LogP contribution < -0.4 is 15.7 Å². The molecule has 0 bridgehead atoms. The van der Waals surface area contributed by atoms with Crippen LogP contribution >= 0.6 is 0 Å². The molecule has 140 valence electrons. The fraction of sp³-hybridized carbons (Fsp3) is 0.273. The fourth-order valence-corrected chi connectivity index (χ4v) is 2.88. The highest BCUT2D eigenvalue weighted by Crippen LogP contribution is 2.22. The van der Waals surface area contributed by atoms with Gasteiger partial charge in [-0.3, -0.25) is 4.79 Å². The SMILES string of the molecule is CCCCc1ccc(NC(=O)COc2ccc3c(C)cc(=O)oc3c2)cc1. The van der Waals surface area contributed by atoms with Gasteiger partial charge in [0.2, 0.25) is 0 Å². The minimum absolute atomic E-state index is 0.126. The van der Waals surface area contributed by atoms with E-state index in [1.54, 1.807) is 12.1 Å². The van der Waals surface area contributed by atoms with E-state index in [-0.39, 0.29) is 12.5 Å². The van der Waals surface area contributed by atoms with Gasteiger partial charge < -0.3 is 14.5 Å². The van der Waals surface area contributed by atoms with Gasteiger partial charge in [0.25, 0.3) is 5.91 Å². The van der Waals surface area contributed by atoms with Crippen LogP contribution in [-0.4, -0.2) is 12.5 Å². The highest BCUT2D eigenvalue weighted by Gasteiger charge is 2.07. The van der Waals surface area contributed by atoms with Crippen LogP contribution in [0.2, 0.25) is 0 Å². The van der Waals surface area contributed by atoms with E-state index in [9.17, 15) is 9.59 Å². The van der Waals surface area contributed by atoms with Crippen LogP contribution in [0.3, 0.4) is 0 Å². The molecular weight excluding hydrogens is 342 g/mol. The first-order chi connectivity index (χ1) is 13.0. The Labute approximate surface area is 158 Å². The second kappa shape index (κ2) is 8.54. The first-order valence-electron chi connectivity index (χ1n) is 9.11. The summed E-state index contributed by atoms with van der Waals surface area (Å²) in [5, 5.41) is 3.66. The molecule has 0 aliphatic heterocycles. The van der Waals surface area contributed by atoms with Crippen molar-refractivity contribution in [2.24, 2.45) is 0 Å². The van der Waals surface area contributed by atoms with Crippen molar-refractivity contribution in [3.8, 4) is 5.75 Å². The Balaban J connectivity index is 1.59. The van der Waals surface area contributed by atoms with E-state index in [0.717, 1.165) is 35.9 Å². The molecule has 0 saturated carbocycles. The van der Waals surface area contributed by atoms with Gasteiger partial charge in [0.1, 0.15) is 11.3 Å². The molecule has 0 atom stereocenters. The van der Waals surface area contributed by atoms with Crippen molar-refractivity contribution in [1.29, 1.82) is 0 Å². The topological polar surface area (TPSA) is 68.5 Å². The molecule has 5 nitrogen and oxygen atoms in total. The normalized spacial score (nSPS) is 10.7. The average Bonchev–Trinajstić information content (AvgIpc) is 2.65. The number of rotatable bonds is 7. The number of fused-ring (bicyclic) bond motifs is 1. The third-order valence-corrected chi connectivity index (χ3v) is 4.35. The van der Waals surface area contributed by atoms with Crippen molar-refractivity contribution < 1.29 is 13.9 Å². The summed E-state index contributed by atoms with van der Waals surface area (Å²) in [6.45, 7) is 3.89. The maximum Gasteiger partial charge on any atom is 0.336 e. The molecule has 3 aromatic rings. The van der Waals surface area contributed by atoms with E-state index in [1.807, 2.05) is 37.3 Å². The van der Waals surface area contributed by atoms with Gasteiger partial charge in [-0.2, -0.15) is 0 Å². The Bertz CT molecular complexity index is 989. The molecule has 2 aromatic carbocycles. The second-order valence-electron chi connectivity index (χ2n) is 6.54. The second-order valence-corrected chi connectivity index (χ2v) is 6.54. The van der Waals surface area contributed by atoms with E-state index >= 15 is 0 Å². The highest BCUT2D eigenvalue weighted by atomic mass is 16.5. The van der Waals surface area contributed by atoms with Crippen LogP contribution in [0.25, 0.3) is 11.0 Å². The van der Waals surface area contributed by atoms with Crippen molar-refractivity contribution in [1.82, 2.24) is 0 Å². The Hall–Kier alpha value is -3.08. The van der Waals surface area contributed by atoms with Crippen molar-refractivity contribution >= 4 is 22.6 Å². The Morgan fingerprint density at radius 2 is 1.89 bits per heavy atom. The molecule has 1 heterocycles. The number of hydrogen-bond donors (Lipinski definition) is 1. The van der Waals surface area contributed by atoms with Gasteiger partial charge in [-0.05, 0) is 55.2 Å².